The smallest absolute Gasteiger partial charge is 0.238 e. The molecule has 2 N–H and O–H groups in total. The van der Waals surface area contributed by atoms with Crippen molar-refractivity contribution in [2.45, 2.75) is 18.9 Å². The third kappa shape index (κ3) is 3.65. The number of hydrogen-bond donors (Lipinski definition) is 2. The van der Waals surface area contributed by atoms with Crippen LogP contribution in [0.5, 0.6) is 0 Å². The number of carbonyl (C=O) groups is 1. The molecule has 1 fully saturated rings. The van der Waals surface area contributed by atoms with Gasteiger partial charge in [0.15, 0.2) is 0 Å². The molecule has 1 heterocycles. The zero-order valence-corrected chi connectivity index (χ0v) is 11.2. The molecule has 2 rings (SSSR count). The van der Waals surface area contributed by atoms with E-state index in [-0.39, 0.29) is 35.8 Å². The van der Waals surface area contributed by atoms with E-state index in [2.05, 4.69) is 5.32 Å². The normalized spacial score (nSPS) is 19.6. The number of rotatable bonds is 4. The van der Waals surface area contributed by atoms with E-state index < -0.39 is 5.82 Å². The fourth-order valence-electron chi connectivity index (χ4n) is 2.28. The molecule has 1 atom stereocenters. The Hall–Kier alpha value is -1.17. The summed E-state index contributed by atoms with van der Waals surface area (Å²) >= 11 is 5.64. The van der Waals surface area contributed by atoms with Crippen LogP contribution in [-0.4, -0.2) is 41.7 Å². The van der Waals surface area contributed by atoms with Crippen LogP contribution in [0.3, 0.4) is 0 Å². The van der Waals surface area contributed by atoms with Crippen molar-refractivity contribution in [1.82, 2.24) is 4.90 Å². The number of likely N-dealkylation sites (tertiary alicyclic amines) is 1. The third-order valence-corrected chi connectivity index (χ3v) is 3.50. The van der Waals surface area contributed by atoms with Crippen LogP contribution >= 0.6 is 11.6 Å². The Kier molecular flexibility index (Phi) is 4.74. The van der Waals surface area contributed by atoms with Crippen LogP contribution in [0, 0.1) is 5.82 Å². The van der Waals surface area contributed by atoms with Crippen LogP contribution in [-0.2, 0) is 4.79 Å². The SMILES string of the molecule is O=C(CN1CCCC1CO)Nc1ccc(Cl)cc1F. The van der Waals surface area contributed by atoms with Crippen molar-refractivity contribution in [3.63, 3.8) is 0 Å². The number of aliphatic hydroxyl groups is 1. The van der Waals surface area contributed by atoms with Gasteiger partial charge in [-0.05, 0) is 37.6 Å². The summed E-state index contributed by atoms with van der Waals surface area (Å²) in [5.41, 5.74) is 0.120. The Morgan fingerprint density at radius 1 is 1.58 bits per heavy atom. The standard InChI is InChI=1S/C13H16ClFN2O2/c14-9-3-4-12(11(15)6-9)16-13(19)7-17-5-1-2-10(17)8-18/h3-4,6,10,18H,1-2,5,7-8H2,(H,16,19). The molecular formula is C13H16ClFN2O2. The third-order valence-electron chi connectivity index (χ3n) is 3.26. The summed E-state index contributed by atoms with van der Waals surface area (Å²) in [5, 5.41) is 12.0. The second-order valence-electron chi connectivity index (χ2n) is 4.62. The molecule has 1 aromatic carbocycles. The van der Waals surface area contributed by atoms with Crippen molar-refractivity contribution in [1.29, 1.82) is 0 Å². The molecule has 0 aliphatic carbocycles. The Labute approximate surface area is 116 Å². The van der Waals surface area contributed by atoms with Gasteiger partial charge < -0.3 is 10.4 Å². The molecule has 1 amide bonds. The maximum absolute atomic E-state index is 13.5. The molecule has 0 radical (unpaired) electrons. The molecule has 19 heavy (non-hydrogen) atoms. The second kappa shape index (κ2) is 6.32. The maximum atomic E-state index is 13.5. The summed E-state index contributed by atoms with van der Waals surface area (Å²) in [5.74, 6) is -0.845. The van der Waals surface area contributed by atoms with Crippen molar-refractivity contribution in [3.8, 4) is 0 Å². The van der Waals surface area contributed by atoms with Crippen LogP contribution in [0.25, 0.3) is 0 Å². The van der Waals surface area contributed by atoms with Crippen molar-refractivity contribution in [2.24, 2.45) is 0 Å². The molecule has 1 unspecified atom stereocenters. The fraction of sp³-hybridized carbons (Fsp3) is 0.462. The molecule has 4 nitrogen and oxygen atoms in total. The first-order valence-electron chi connectivity index (χ1n) is 6.20. The zero-order chi connectivity index (χ0) is 13.8. The topological polar surface area (TPSA) is 52.6 Å². The molecule has 1 aliphatic heterocycles. The predicted octanol–water partition coefficient (Wildman–Crippen LogP) is 1.87. The van der Waals surface area contributed by atoms with Crippen molar-refractivity contribution in [3.05, 3.63) is 29.0 Å². The van der Waals surface area contributed by atoms with Gasteiger partial charge in [-0.25, -0.2) is 4.39 Å². The first kappa shape index (κ1) is 14.2. The molecule has 1 saturated heterocycles. The van der Waals surface area contributed by atoms with Gasteiger partial charge in [0.25, 0.3) is 0 Å². The molecular weight excluding hydrogens is 271 g/mol. The van der Waals surface area contributed by atoms with Gasteiger partial charge in [-0.2, -0.15) is 0 Å². The van der Waals surface area contributed by atoms with E-state index in [9.17, 15) is 9.18 Å². The van der Waals surface area contributed by atoms with Gasteiger partial charge in [-0.3, -0.25) is 9.69 Å². The molecule has 1 aliphatic rings. The van der Waals surface area contributed by atoms with Gasteiger partial charge in [-0.15, -0.1) is 0 Å². The summed E-state index contributed by atoms with van der Waals surface area (Å²) in [7, 11) is 0. The van der Waals surface area contributed by atoms with E-state index in [0.717, 1.165) is 25.5 Å². The Balaban J connectivity index is 1.94. The minimum atomic E-state index is -0.555. The van der Waals surface area contributed by atoms with Crippen molar-refractivity contribution >= 4 is 23.2 Å². The number of nitrogens with zero attached hydrogens (tertiary/aromatic N) is 1. The van der Waals surface area contributed by atoms with Crippen LogP contribution < -0.4 is 5.32 Å². The zero-order valence-electron chi connectivity index (χ0n) is 10.4. The molecule has 0 spiro atoms. The summed E-state index contributed by atoms with van der Waals surface area (Å²) in [6.07, 6.45) is 1.85. The quantitative estimate of drug-likeness (QED) is 0.888. The first-order chi connectivity index (χ1) is 9.10. The minimum Gasteiger partial charge on any atom is -0.395 e. The monoisotopic (exact) mass is 286 g/mol. The van der Waals surface area contributed by atoms with Gasteiger partial charge >= 0.3 is 0 Å². The van der Waals surface area contributed by atoms with Crippen LogP contribution in [0.4, 0.5) is 10.1 Å². The lowest BCUT2D eigenvalue weighted by molar-refractivity contribution is -0.117. The number of nitrogens with one attached hydrogen (secondary N) is 1. The minimum absolute atomic E-state index is 0.0285. The van der Waals surface area contributed by atoms with Crippen molar-refractivity contribution in [2.75, 3.05) is 25.0 Å². The average Bonchev–Trinajstić information content (AvgIpc) is 2.80. The largest absolute Gasteiger partial charge is 0.395 e. The molecule has 6 heteroatoms. The number of aliphatic hydroxyl groups excluding tert-OH is 1. The van der Waals surface area contributed by atoms with Crippen LogP contribution in [0.15, 0.2) is 18.2 Å². The van der Waals surface area contributed by atoms with Gasteiger partial charge in [0.1, 0.15) is 5.82 Å². The van der Waals surface area contributed by atoms with E-state index in [1.165, 1.54) is 12.1 Å². The van der Waals surface area contributed by atoms with Crippen LogP contribution in [0.2, 0.25) is 5.02 Å². The van der Waals surface area contributed by atoms with E-state index >= 15 is 0 Å². The first-order valence-corrected chi connectivity index (χ1v) is 6.58. The van der Waals surface area contributed by atoms with E-state index in [1.54, 1.807) is 0 Å². The number of benzene rings is 1. The number of amides is 1. The lowest BCUT2D eigenvalue weighted by Gasteiger charge is -2.21. The highest BCUT2D eigenvalue weighted by atomic mass is 35.5. The number of hydrogen-bond acceptors (Lipinski definition) is 3. The fourth-order valence-corrected chi connectivity index (χ4v) is 2.43. The summed E-state index contributed by atoms with van der Waals surface area (Å²) in [6, 6.07) is 4.14. The Morgan fingerprint density at radius 3 is 3.05 bits per heavy atom. The Morgan fingerprint density at radius 2 is 2.37 bits per heavy atom. The van der Waals surface area contributed by atoms with Gasteiger partial charge in [0.2, 0.25) is 5.91 Å². The lowest BCUT2D eigenvalue weighted by atomic mass is 10.2. The molecule has 0 bridgehead atoms. The summed E-state index contributed by atoms with van der Waals surface area (Å²) < 4.78 is 13.5. The number of anilines is 1. The van der Waals surface area contributed by atoms with Crippen LogP contribution in [0.1, 0.15) is 12.8 Å². The lowest BCUT2D eigenvalue weighted by Crippen LogP contribution is -2.38. The predicted molar refractivity (Wildman–Crippen MR) is 71.7 cm³/mol. The molecule has 0 aromatic heterocycles. The summed E-state index contributed by atoms with van der Waals surface area (Å²) in [4.78, 5) is 13.7. The highest BCUT2D eigenvalue weighted by Gasteiger charge is 2.25. The Bertz CT molecular complexity index is 470. The van der Waals surface area contributed by atoms with Gasteiger partial charge in [-0.1, -0.05) is 11.6 Å². The highest BCUT2D eigenvalue weighted by Crippen LogP contribution is 2.20. The molecule has 104 valence electrons. The number of halogens is 2. The highest BCUT2D eigenvalue weighted by molar-refractivity contribution is 6.30. The van der Waals surface area contributed by atoms with E-state index in [1.807, 2.05) is 4.90 Å². The maximum Gasteiger partial charge on any atom is 0.238 e. The van der Waals surface area contributed by atoms with E-state index in [4.69, 9.17) is 16.7 Å². The van der Waals surface area contributed by atoms with Gasteiger partial charge in [0, 0.05) is 11.1 Å². The number of carbonyl (C=O) groups excluding carboxylic acids is 1. The van der Waals surface area contributed by atoms with Gasteiger partial charge in [0.05, 0.1) is 18.8 Å². The van der Waals surface area contributed by atoms with E-state index in [0.29, 0.717) is 0 Å². The average molecular weight is 287 g/mol. The second-order valence-corrected chi connectivity index (χ2v) is 5.06. The summed E-state index contributed by atoms with van der Waals surface area (Å²) in [6.45, 7) is 0.984. The molecule has 1 aromatic rings. The van der Waals surface area contributed by atoms with Crippen molar-refractivity contribution < 1.29 is 14.3 Å². The molecule has 0 saturated carbocycles.